The van der Waals surface area contributed by atoms with Crippen molar-refractivity contribution < 1.29 is 19.2 Å². The van der Waals surface area contributed by atoms with Crippen LogP contribution in [-0.4, -0.2) is 17.3 Å². The Balaban J connectivity index is 1.80. The van der Waals surface area contributed by atoms with Crippen molar-refractivity contribution in [1.29, 1.82) is 0 Å². The lowest BCUT2D eigenvalue weighted by Gasteiger charge is -2.16. The van der Waals surface area contributed by atoms with Gasteiger partial charge in [-0.05, 0) is 48.9 Å². The van der Waals surface area contributed by atoms with Crippen molar-refractivity contribution in [3.05, 3.63) is 87.9 Å². The second kappa shape index (κ2) is 17.8. The van der Waals surface area contributed by atoms with Gasteiger partial charge in [-0.3, -0.25) is 14.9 Å². The van der Waals surface area contributed by atoms with Crippen LogP contribution in [0.5, 0.6) is 5.75 Å². The van der Waals surface area contributed by atoms with Crippen molar-refractivity contribution in [2.45, 2.75) is 78.1 Å². The van der Waals surface area contributed by atoms with Crippen molar-refractivity contribution in [3.8, 4) is 17.8 Å². The zero-order valence-electron chi connectivity index (χ0n) is 22.1. The predicted octanol–water partition coefficient (Wildman–Crippen LogP) is 7.95. The first kappa shape index (κ1) is 29.6. The second-order valence-corrected chi connectivity index (χ2v) is 9.08. The van der Waals surface area contributed by atoms with E-state index in [1.807, 2.05) is 12.2 Å². The molecule has 1 aliphatic carbocycles. The third-order valence-electron chi connectivity index (χ3n) is 6.05. The lowest BCUT2D eigenvalue weighted by atomic mass is 9.93. The van der Waals surface area contributed by atoms with Crippen LogP contribution in [0.2, 0.25) is 0 Å². The Morgan fingerprint density at radius 1 is 1.03 bits per heavy atom. The van der Waals surface area contributed by atoms with Crippen molar-refractivity contribution in [2.24, 2.45) is 5.92 Å². The van der Waals surface area contributed by atoms with E-state index in [0.29, 0.717) is 29.3 Å². The van der Waals surface area contributed by atoms with Crippen molar-refractivity contribution in [2.75, 3.05) is 6.61 Å². The SMILES string of the molecule is CC#COc1ccc(C(=O)C=CC2C=CC(OCCCCCCCCCCCC)=CC2=C[N+](=O)[O-])cc1. The second-order valence-electron chi connectivity index (χ2n) is 9.08. The summed E-state index contributed by atoms with van der Waals surface area (Å²) < 4.78 is 11.0. The molecule has 6 heteroatoms. The summed E-state index contributed by atoms with van der Waals surface area (Å²) in [6, 6.07) is 6.66. The van der Waals surface area contributed by atoms with E-state index in [0.717, 1.165) is 19.0 Å². The van der Waals surface area contributed by atoms with Crippen LogP contribution in [0.25, 0.3) is 0 Å². The highest BCUT2D eigenvalue weighted by atomic mass is 16.6. The van der Waals surface area contributed by atoms with Crippen molar-refractivity contribution >= 4 is 5.78 Å². The van der Waals surface area contributed by atoms with E-state index < -0.39 is 4.92 Å². The first-order valence-corrected chi connectivity index (χ1v) is 13.3. The molecule has 0 heterocycles. The number of carbonyl (C=O) groups is 1. The maximum absolute atomic E-state index is 12.6. The Labute approximate surface area is 221 Å². The summed E-state index contributed by atoms with van der Waals surface area (Å²) in [5.41, 5.74) is 0.959. The number of nitrogens with zero attached hydrogens (tertiary/aromatic N) is 1. The maximum atomic E-state index is 12.6. The van der Waals surface area contributed by atoms with Gasteiger partial charge in [0.15, 0.2) is 5.78 Å². The number of benzene rings is 1. The molecule has 1 aromatic carbocycles. The van der Waals surface area contributed by atoms with Crippen LogP contribution in [0.3, 0.4) is 0 Å². The highest BCUT2D eigenvalue weighted by molar-refractivity contribution is 6.04. The van der Waals surface area contributed by atoms with Gasteiger partial charge in [-0.25, -0.2) is 0 Å². The summed E-state index contributed by atoms with van der Waals surface area (Å²) in [6.07, 6.45) is 24.4. The summed E-state index contributed by atoms with van der Waals surface area (Å²) in [5, 5.41) is 11.2. The minimum Gasteiger partial charge on any atom is -0.494 e. The van der Waals surface area contributed by atoms with Gasteiger partial charge in [-0.1, -0.05) is 82.8 Å². The van der Waals surface area contributed by atoms with Gasteiger partial charge in [-0.2, -0.15) is 0 Å². The number of ketones is 1. The van der Waals surface area contributed by atoms with Gasteiger partial charge >= 0.3 is 0 Å². The zero-order valence-corrected chi connectivity index (χ0v) is 22.1. The molecule has 0 saturated heterocycles. The number of allylic oxidation sites excluding steroid dienone is 6. The third-order valence-corrected chi connectivity index (χ3v) is 6.05. The fourth-order valence-corrected chi connectivity index (χ4v) is 3.99. The Hall–Kier alpha value is -3.59. The summed E-state index contributed by atoms with van der Waals surface area (Å²) in [7, 11) is 0. The molecule has 0 fully saturated rings. The van der Waals surface area contributed by atoms with Crippen LogP contribution in [0.1, 0.15) is 88.4 Å². The molecule has 2 rings (SSSR count). The molecule has 0 saturated carbocycles. The van der Waals surface area contributed by atoms with E-state index in [1.54, 1.807) is 43.3 Å². The summed E-state index contributed by atoms with van der Waals surface area (Å²) in [5.74, 6) is 3.20. The van der Waals surface area contributed by atoms with Crippen LogP contribution in [-0.2, 0) is 4.74 Å². The normalized spacial score (nSPS) is 15.8. The van der Waals surface area contributed by atoms with E-state index in [9.17, 15) is 14.9 Å². The summed E-state index contributed by atoms with van der Waals surface area (Å²) in [4.78, 5) is 23.2. The first-order chi connectivity index (χ1) is 18.0. The van der Waals surface area contributed by atoms with E-state index in [2.05, 4.69) is 19.0 Å². The molecule has 1 aromatic rings. The predicted molar refractivity (Wildman–Crippen MR) is 148 cm³/mol. The average Bonchev–Trinajstić information content (AvgIpc) is 2.90. The van der Waals surface area contributed by atoms with Gasteiger partial charge < -0.3 is 9.47 Å². The number of rotatable bonds is 17. The molecule has 1 unspecified atom stereocenters. The number of hydrogen-bond donors (Lipinski definition) is 0. The summed E-state index contributed by atoms with van der Waals surface area (Å²) >= 11 is 0. The molecule has 37 heavy (non-hydrogen) atoms. The highest BCUT2D eigenvalue weighted by Crippen LogP contribution is 2.25. The topological polar surface area (TPSA) is 78.7 Å². The monoisotopic (exact) mass is 505 g/mol. The molecular formula is C31H39NO5. The molecule has 0 N–H and O–H groups in total. The number of ether oxygens (including phenoxy) is 2. The van der Waals surface area contributed by atoms with Gasteiger partial charge in [0, 0.05) is 24.0 Å². The first-order valence-electron chi connectivity index (χ1n) is 13.3. The van der Waals surface area contributed by atoms with E-state index in [4.69, 9.17) is 9.47 Å². The Morgan fingerprint density at radius 3 is 2.30 bits per heavy atom. The molecule has 0 amide bonds. The average molecular weight is 506 g/mol. The van der Waals surface area contributed by atoms with Crippen LogP contribution < -0.4 is 4.74 Å². The Bertz CT molecular complexity index is 1040. The number of unbranched alkanes of at least 4 members (excludes halogenated alkanes) is 9. The zero-order chi connectivity index (χ0) is 26.7. The van der Waals surface area contributed by atoms with Gasteiger partial charge in [0.25, 0.3) is 0 Å². The standard InChI is InChI=1S/C31H39NO5/c1-3-5-6-7-8-9-10-11-12-13-23-37-30-20-14-26(28(24-30)25-32(34)35)17-21-31(33)27-15-18-29(19-16-27)36-22-4-2/h14-21,24-26H,3,5-13,23H2,1-2H3. The molecule has 0 spiro atoms. The van der Waals surface area contributed by atoms with Crippen LogP contribution in [0, 0.1) is 28.1 Å². The highest BCUT2D eigenvalue weighted by Gasteiger charge is 2.17. The molecule has 0 bridgehead atoms. The van der Waals surface area contributed by atoms with E-state index in [1.165, 1.54) is 57.4 Å². The Kier molecular flexibility index (Phi) is 14.2. The van der Waals surface area contributed by atoms with Gasteiger partial charge in [0.1, 0.15) is 17.6 Å². The maximum Gasteiger partial charge on any atom is 0.238 e. The van der Waals surface area contributed by atoms with E-state index >= 15 is 0 Å². The molecular weight excluding hydrogens is 466 g/mol. The lowest BCUT2D eigenvalue weighted by molar-refractivity contribution is -0.403. The lowest BCUT2D eigenvalue weighted by Crippen LogP contribution is -2.07. The number of nitro groups is 1. The molecule has 1 aliphatic rings. The fourth-order valence-electron chi connectivity index (χ4n) is 3.99. The van der Waals surface area contributed by atoms with Gasteiger partial charge in [0.2, 0.25) is 6.20 Å². The summed E-state index contributed by atoms with van der Waals surface area (Å²) in [6.45, 7) is 4.50. The van der Waals surface area contributed by atoms with Crippen molar-refractivity contribution in [1.82, 2.24) is 0 Å². The number of carbonyl (C=O) groups excluding carboxylic acids is 1. The fraction of sp³-hybridized carbons (Fsp3) is 0.452. The largest absolute Gasteiger partial charge is 0.494 e. The molecule has 0 aliphatic heterocycles. The molecule has 6 nitrogen and oxygen atoms in total. The smallest absolute Gasteiger partial charge is 0.238 e. The van der Waals surface area contributed by atoms with Crippen LogP contribution in [0.4, 0.5) is 0 Å². The van der Waals surface area contributed by atoms with Crippen molar-refractivity contribution in [3.63, 3.8) is 0 Å². The molecule has 198 valence electrons. The third kappa shape index (κ3) is 12.3. The molecule has 0 radical (unpaired) electrons. The van der Waals surface area contributed by atoms with Crippen LogP contribution in [0.15, 0.2) is 72.2 Å². The molecule has 1 atom stereocenters. The van der Waals surface area contributed by atoms with Gasteiger partial charge in [0.05, 0.1) is 11.5 Å². The van der Waals surface area contributed by atoms with Crippen LogP contribution >= 0.6 is 0 Å². The number of hydrogen-bond acceptors (Lipinski definition) is 5. The minimum absolute atomic E-state index is 0.200. The molecule has 0 aromatic heterocycles. The Morgan fingerprint density at radius 2 is 1.68 bits per heavy atom. The van der Waals surface area contributed by atoms with E-state index in [-0.39, 0.29) is 11.7 Å². The quantitative estimate of drug-likeness (QED) is 0.0536. The minimum atomic E-state index is -0.481. The van der Waals surface area contributed by atoms with Gasteiger partial charge in [-0.15, -0.1) is 0 Å².